The van der Waals surface area contributed by atoms with Gasteiger partial charge in [0.15, 0.2) is 11.4 Å². The van der Waals surface area contributed by atoms with E-state index in [1.54, 1.807) is 25.4 Å². The molecule has 0 radical (unpaired) electrons. The largest absolute Gasteiger partial charge is 0.479 e. The van der Waals surface area contributed by atoms with Crippen molar-refractivity contribution in [1.82, 2.24) is 14.8 Å². The smallest absolute Gasteiger partial charge is 0.335 e. The highest BCUT2D eigenvalue weighted by Crippen LogP contribution is 2.49. The molecule has 37 heavy (non-hydrogen) atoms. The second-order valence-electron chi connectivity index (χ2n) is 10.6. The van der Waals surface area contributed by atoms with E-state index in [1.807, 2.05) is 24.5 Å². The molecule has 0 atom stereocenters. The Kier molecular flexibility index (Phi) is 6.32. The van der Waals surface area contributed by atoms with Crippen molar-refractivity contribution in [3.8, 4) is 5.69 Å². The van der Waals surface area contributed by atoms with Crippen LogP contribution in [0, 0.1) is 11.6 Å². The normalized spacial score (nSPS) is 20.6. The summed E-state index contributed by atoms with van der Waals surface area (Å²) >= 11 is 0. The van der Waals surface area contributed by atoms with Gasteiger partial charge < -0.3 is 19.1 Å². The number of aromatic nitrogens is 3. The number of halogens is 2. The summed E-state index contributed by atoms with van der Waals surface area (Å²) in [7, 11) is 3.05. The molecule has 2 aromatic heterocycles. The maximum absolute atomic E-state index is 16.3. The van der Waals surface area contributed by atoms with Crippen LogP contribution in [0.4, 0.5) is 8.78 Å². The number of hydrogen-bond donors (Lipinski definition) is 2. The van der Waals surface area contributed by atoms with Gasteiger partial charge in [-0.15, -0.1) is 0 Å². The standard InChI is InChI=1S/C28H31F2N3O4/c1-27(2,15-36-3)25-21(16-9-11-28(37-4,12-10-16)26(34)35)22-20(13-17-14-31-32-24(17)23(22)30)33(25)19-7-5-18(29)6-8-19/h5-8,13-14,16H,9-12,15H2,1-4H3,(H,31,32)(H,34,35). The minimum atomic E-state index is -1.25. The number of hydrogen-bond acceptors (Lipinski definition) is 4. The Morgan fingerprint density at radius 2 is 1.89 bits per heavy atom. The quantitative estimate of drug-likeness (QED) is 0.326. The van der Waals surface area contributed by atoms with Gasteiger partial charge in [-0.2, -0.15) is 5.10 Å². The molecule has 4 aromatic rings. The van der Waals surface area contributed by atoms with Crippen molar-refractivity contribution in [2.24, 2.45) is 0 Å². The van der Waals surface area contributed by atoms with Crippen LogP contribution in [0.3, 0.4) is 0 Å². The van der Waals surface area contributed by atoms with Crippen LogP contribution in [0.1, 0.15) is 56.7 Å². The highest BCUT2D eigenvalue weighted by molar-refractivity contribution is 6.00. The van der Waals surface area contributed by atoms with Gasteiger partial charge in [0.1, 0.15) is 11.3 Å². The van der Waals surface area contributed by atoms with Crippen molar-refractivity contribution >= 4 is 27.8 Å². The number of methoxy groups -OCH3 is 2. The second kappa shape index (κ2) is 9.22. The predicted octanol–water partition coefficient (Wildman–Crippen LogP) is 5.84. The number of H-pyrrole nitrogens is 1. The Bertz CT molecular complexity index is 1460. The Morgan fingerprint density at radius 3 is 2.49 bits per heavy atom. The van der Waals surface area contributed by atoms with Crippen molar-refractivity contribution in [2.45, 2.75) is 56.5 Å². The third-order valence-electron chi connectivity index (χ3n) is 7.86. The highest BCUT2D eigenvalue weighted by atomic mass is 19.1. The van der Waals surface area contributed by atoms with Gasteiger partial charge in [-0.3, -0.25) is 5.10 Å². The van der Waals surface area contributed by atoms with Crippen LogP contribution in [-0.4, -0.2) is 52.3 Å². The summed E-state index contributed by atoms with van der Waals surface area (Å²) in [5, 5.41) is 17.8. The molecule has 196 valence electrons. The minimum Gasteiger partial charge on any atom is -0.479 e. The average molecular weight is 512 g/mol. The van der Waals surface area contributed by atoms with Crippen molar-refractivity contribution < 1.29 is 28.2 Å². The summed E-state index contributed by atoms with van der Waals surface area (Å²) in [6.07, 6.45) is 3.23. The van der Waals surface area contributed by atoms with Crippen LogP contribution in [-0.2, 0) is 19.7 Å². The molecule has 9 heteroatoms. The van der Waals surface area contributed by atoms with Crippen molar-refractivity contribution in [2.75, 3.05) is 20.8 Å². The number of nitrogens with zero attached hydrogens (tertiary/aromatic N) is 2. The third-order valence-corrected chi connectivity index (χ3v) is 7.86. The van der Waals surface area contributed by atoms with Gasteiger partial charge in [0.05, 0.1) is 18.3 Å². The first kappa shape index (κ1) is 25.4. The van der Waals surface area contributed by atoms with Gasteiger partial charge in [0.2, 0.25) is 0 Å². The van der Waals surface area contributed by atoms with Crippen molar-refractivity contribution in [3.05, 3.63) is 59.4 Å². The molecular formula is C28H31F2N3O4. The summed E-state index contributed by atoms with van der Waals surface area (Å²) < 4.78 is 43.3. The molecule has 0 unspecified atom stereocenters. The lowest BCUT2D eigenvalue weighted by atomic mass is 9.73. The Morgan fingerprint density at radius 1 is 1.22 bits per heavy atom. The molecule has 0 saturated heterocycles. The number of ether oxygens (including phenoxy) is 2. The first-order valence-corrected chi connectivity index (χ1v) is 12.4. The number of carboxylic acid groups (broad SMARTS) is 1. The lowest BCUT2D eigenvalue weighted by Crippen LogP contribution is -2.43. The zero-order chi connectivity index (χ0) is 26.5. The highest BCUT2D eigenvalue weighted by Gasteiger charge is 2.45. The van der Waals surface area contributed by atoms with Crippen molar-refractivity contribution in [3.63, 3.8) is 0 Å². The van der Waals surface area contributed by atoms with Gasteiger partial charge in [0, 0.05) is 41.8 Å². The molecule has 1 fully saturated rings. The Labute approximate surface area is 213 Å². The van der Waals surface area contributed by atoms with Crippen LogP contribution < -0.4 is 0 Å². The third kappa shape index (κ3) is 4.01. The summed E-state index contributed by atoms with van der Waals surface area (Å²) in [5.41, 5.74) is 1.54. The molecular weight excluding hydrogens is 480 g/mol. The maximum atomic E-state index is 16.3. The maximum Gasteiger partial charge on any atom is 0.335 e. The van der Waals surface area contributed by atoms with Gasteiger partial charge in [-0.25, -0.2) is 13.6 Å². The summed E-state index contributed by atoms with van der Waals surface area (Å²) in [6.45, 7) is 4.44. The second-order valence-corrected chi connectivity index (χ2v) is 10.6. The monoisotopic (exact) mass is 511 g/mol. The van der Waals surface area contributed by atoms with E-state index >= 15 is 4.39 Å². The van der Waals surface area contributed by atoms with E-state index < -0.39 is 22.8 Å². The molecule has 0 spiro atoms. The number of fused-ring (bicyclic) bond motifs is 2. The fraction of sp³-hybridized carbons (Fsp3) is 0.429. The van der Waals surface area contributed by atoms with E-state index in [-0.39, 0.29) is 11.7 Å². The summed E-state index contributed by atoms with van der Waals surface area (Å²) in [4.78, 5) is 12.0. The molecule has 0 aliphatic heterocycles. The van der Waals surface area contributed by atoms with E-state index in [4.69, 9.17) is 9.47 Å². The van der Waals surface area contributed by atoms with Crippen LogP contribution in [0.25, 0.3) is 27.5 Å². The first-order valence-electron chi connectivity index (χ1n) is 12.4. The lowest BCUT2D eigenvalue weighted by Gasteiger charge is -2.37. The molecule has 2 N–H and O–H groups in total. The first-order chi connectivity index (χ1) is 17.6. The van der Waals surface area contributed by atoms with E-state index in [1.165, 1.54) is 19.2 Å². The Hall–Kier alpha value is -3.30. The SMILES string of the molecule is COCC(C)(C)c1c(C2CCC(OC)(C(=O)O)CC2)c2c(F)c3[nH]ncc3cc2n1-c1ccc(F)cc1. The zero-order valence-electron chi connectivity index (χ0n) is 21.4. The van der Waals surface area contributed by atoms with Gasteiger partial charge in [0.25, 0.3) is 0 Å². The zero-order valence-corrected chi connectivity index (χ0v) is 21.4. The van der Waals surface area contributed by atoms with E-state index in [0.717, 1.165) is 11.3 Å². The van der Waals surface area contributed by atoms with Gasteiger partial charge in [-0.1, -0.05) is 13.8 Å². The van der Waals surface area contributed by atoms with Crippen LogP contribution in [0.2, 0.25) is 0 Å². The topological polar surface area (TPSA) is 89.4 Å². The van der Waals surface area contributed by atoms with Crippen LogP contribution >= 0.6 is 0 Å². The van der Waals surface area contributed by atoms with Gasteiger partial charge in [-0.05, 0) is 67.5 Å². The predicted molar refractivity (Wildman–Crippen MR) is 136 cm³/mol. The van der Waals surface area contributed by atoms with E-state index in [9.17, 15) is 14.3 Å². The molecule has 2 heterocycles. The molecule has 1 aliphatic rings. The summed E-state index contributed by atoms with van der Waals surface area (Å²) in [6, 6.07) is 8.05. The number of carboxylic acids is 1. The molecule has 5 rings (SSSR count). The number of nitrogens with one attached hydrogen (secondary N) is 1. The average Bonchev–Trinajstić information content (AvgIpc) is 3.48. The van der Waals surface area contributed by atoms with Crippen LogP contribution in [0.5, 0.6) is 0 Å². The van der Waals surface area contributed by atoms with Crippen molar-refractivity contribution in [1.29, 1.82) is 0 Å². The van der Waals surface area contributed by atoms with Crippen LogP contribution in [0.15, 0.2) is 36.5 Å². The van der Waals surface area contributed by atoms with E-state index in [2.05, 4.69) is 10.2 Å². The molecule has 1 saturated carbocycles. The molecule has 2 aromatic carbocycles. The number of carbonyl (C=O) groups is 1. The molecule has 1 aliphatic carbocycles. The minimum absolute atomic E-state index is 0.118. The van der Waals surface area contributed by atoms with E-state index in [0.29, 0.717) is 59.8 Å². The summed E-state index contributed by atoms with van der Waals surface area (Å²) in [5.74, 6) is -1.86. The lowest BCUT2D eigenvalue weighted by molar-refractivity contribution is -0.166. The molecule has 7 nitrogen and oxygen atoms in total. The fourth-order valence-electron chi connectivity index (χ4n) is 6.06. The Balaban J connectivity index is 1.83. The molecule has 0 bridgehead atoms. The fourth-order valence-corrected chi connectivity index (χ4v) is 6.06. The number of aliphatic carboxylic acids is 1. The number of benzene rings is 2. The number of aromatic amines is 1. The molecule has 0 amide bonds. The number of rotatable bonds is 7. The van der Waals surface area contributed by atoms with Gasteiger partial charge >= 0.3 is 5.97 Å².